The third-order valence-corrected chi connectivity index (χ3v) is 3.11. The van der Waals surface area contributed by atoms with E-state index in [2.05, 4.69) is 16.0 Å². The van der Waals surface area contributed by atoms with Crippen LogP contribution in [0.5, 0.6) is 0 Å². The van der Waals surface area contributed by atoms with Gasteiger partial charge in [-0.2, -0.15) is 0 Å². The van der Waals surface area contributed by atoms with Crippen molar-refractivity contribution in [3.63, 3.8) is 0 Å². The van der Waals surface area contributed by atoms with Gasteiger partial charge < -0.3 is 16.0 Å². The monoisotopic (exact) mass is 347 g/mol. The molecule has 0 spiro atoms. The summed E-state index contributed by atoms with van der Waals surface area (Å²) in [7, 11) is 1.86. The standard InChI is InChI=1S/C15H22ClN3O2.ClH/c1-17-10-2-4-14(20)18-11-3-5-15(21)19-13-8-6-12(16)7-9-13;/h6-9,17H,2-5,10-11H2,1H3,(H,18,20)(H,19,21);1H. The van der Waals surface area contributed by atoms with Crippen molar-refractivity contribution in [3.8, 4) is 0 Å². The summed E-state index contributed by atoms with van der Waals surface area (Å²) in [5.41, 5.74) is 0.723. The highest BCUT2D eigenvalue weighted by Gasteiger charge is 2.04. The topological polar surface area (TPSA) is 70.2 Å². The summed E-state index contributed by atoms with van der Waals surface area (Å²) in [4.78, 5) is 23.1. The van der Waals surface area contributed by atoms with Crippen molar-refractivity contribution >= 4 is 41.5 Å². The third-order valence-electron chi connectivity index (χ3n) is 2.86. The Kier molecular flexibility index (Phi) is 11.5. The van der Waals surface area contributed by atoms with Crippen LogP contribution in [0, 0.1) is 0 Å². The predicted molar refractivity (Wildman–Crippen MR) is 92.7 cm³/mol. The Hall–Kier alpha value is -1.30. The molecule has 0 heterocycles. The van der Waals surface area contributed by atoms with Gasteiger partial charge in [0, 0.05) is 30.1 Å². The predicted octanol–water partition coefficient (Wildman–Crippen LogP) is 2.60. The molecule has 3 N–H and O–H groups in total. The molecule has 2 amide bonds. The molecule has 0 saturated carbocycles. The molecule has 0 unspecified atom stereocenters. The van der Waals surface area contributed by atoms with Crippen molar-refractivity contribution in [1.82, 2.24) is 10.6 Å². The highest BCUT2D eigenvalue weighted by atomic mass is 35.5. The highest BCUT2D eigenvalue weighted by molar-refractivity contribution is 6.30. The van der Waals surface area contributed by atoms with Gasteiger partial charge >= 0.3 is 0 Å². The summed E-state index contributed by atoms with van der Waals surface area (Å²) < 4.78 is 0. The maximum atomic E-state index is 11.7. The molecule has 0 aliphatic heterocycles. The van der Waals surface area contributed by atoms with Gasteiger partial charge in [-0.3, -0.25) is 9.59 Å². The Bertz CT molecular complexity index is 453. The first-order valence-electron chi connectivity index (χ1n) is 7.08. The largest absolute Gasteiger partial charge is 0.356 e. The fourth-order valence-corrected chi connectivity index (χ4v) is 1.87. The van der Waals surface area contributed by atoms with E-state index < -0.39 is 0 Å². The van der Waals surface area contributed by atoms with Gasteiger partial charge in [0.15, 0.2) is 0 Å². The summed E-state index contributed by atoms with van der Waals surface area (Å²) in [6.07, 6.45) is 2.33. The van der Waals surface area contributed by atoms with Gasteiger partial charge in [-0.15, -0.1) is 12.4 Å². The summed E-state index contributed by atoms with van der Waals surface area (Å²) in [5, 5.41) is 9.21. The molecular weight excluding hydrogens is 325 g/mol. The lowest BCUT2D eigenvalue weighted by Gasteiger charge is -2.06. The molecule has 0 aromatic heterocycles. The summed E-state index contributed by atoms with van der Waals surface area (Å²) in [5.74, 6) is -0.0369. The normalized spacial score (nSPS) is 9.73. The molecular formula is C15H23Cl2N3O2. The lowest BCUT2D eigenvalue weighted by atomic mass is 10.2. The van der Waals surface area contributed by atoms with Gasteiger partial charge in [-0.1, -0.05) is 11.6 Å². The molecule has 0 fully saturated rings. The van der Waals surface area contributed by atoms with Crippen LogP contribution in [-0.2, 0) is 9.59 Å². The van der Waals surface area contributed by atoms with Gasteiger partial charge in [0.1, 0.15) is 0 Å². The molecule has 7 heteroatoms. The number of amides is 2. The Balaban J connectivity index is 0.00000441. The highest BCUT2D eigenvalue weighted by Crippen LogP contribution is 2.13. The first-order valence-corrected chi connectivity index (χ1v) is 7.46. The van der Waals surface area contributed by atoms with Crippen LogP contribution in [0.1, 0.15) is 25.7 Å². The second-order valence-corrected chi connectivity index (χ2v) is 5.15. The van der Waals surface area contributed by atoms with Crippen LogP contribution in [0.3, 0.4) is 0 Å². The molecule has 1 aromatic rings. The summed E-state index contributed by atoms with van der Waals surface area (Å²) >= 11 is 5.77. The Morgan fingerprint density at radius 3 is 2.23 bits per heavy atom. The van der Waals surface area contributed by atoms with E-state index >= 15 is 0 Å². The summed E-state index contributed by atoms with van der Waals surface area (Å²) in [6, 6.07) is 6.96. The van der Waals surface area contributed by atoms with Crippen molar-refractivity contribution < 1.29 is 9.59 Å². The van der Waals surface area contributed by atoms with Crippen LogP contribution in [0.4, 0.5) is 5.69 Å². The number of carbonyl (C=O) groups is 2. The van der Waals surface area contributed by atoms with Gasteiger partial charge in [-0.05, 0) is 50.7 Å². The van der Waals surface area contributed by atoms with Gasteiger partial charge in [0.05, 0.1) is 0 Å². The number of rotatable bonds is 9. The SMILES string of the molecule is CNCCCC(=O)NCCCC(=O)Nc1ccc(Cl)cc1.Cl. The molecule has 0 radical (unpaired) electrons. The van der Waals surface area contributed by atoms with E-state index in [0.717, 1.165) is 18.7 Å². The average Bonchev–Trinajstić information content (AvgIpc) is 2.46. The van der Waals surface area contributed by atoms with E-state index in [0.29, 0.717) is 30.8 Å². The van der Waals surface area contributed by atoms with E-state index in [1.54, 1.807) is 24.3 Å². The zero-order valence-electron chi connectivity index (χ0n) is 12.7. The molecule has 0 bridgehead atoms. The molecule has 0 aliphatic rings. The van der Waals surface area contributed by atoms with Gasteiger partial charge in [0.25, 0.3) is 0 Å². The Labute approximate surface area is 142 Å². The molecule has 1 aromatic carbocycles. The quantitative estimate of drug-likeness (QED) is 0.601. The Morgan fingerprint density at radius 2 is 1.59 bits per heavy atom. The van der Waals surface area contributed by atoms with E-state index in [1.165, 1.54) is 0 Å². The van der Waals surface area contributed by atoms with E-state index in [1.807, 2.05) is 7.05 Å². The number of anilines is 1. The van der Waals surface area contributed by atoms with E-state index in [9.17, 15) is 9.59 Å². The lowest BCUT2D eigenvalue weighted by molar-refractivity contribution is -0.121. The number of halogens is 2. The minimum absolute atomic E-state index is 0. The minimum atomic E-state index is -0.0678. The fourth-order valence-electron chi connectivity index (χ4n) is 1.75. The maximum Gasteiger partial charge on any atom is 0.224 e. The van der Waals surface area contributed by atoms with Crippen LogP contribution < -0.4 is 16.0 Å². The van der Waals surface area contributed by atoms with Crippen molar-refractivity contribution in [2.75, 3.05) is 25.5 Å². The average molecular weight is 348 g/mol. The van der Waals surface area contributed by atoms with Crippen molar-refractivity contribution in [2.45, 2.75) is 25.7 Å². The molecule has 124 valence electrons. The molecule has 0 saturated heterocycles. The number of hydrogen-bond donors (Lipinski definition) is 3. The Morgan fingerprint density at radius 1 is 1.00 bits per heavy atom. The second-order valence-electron chi connectivity index (χ2n) is 4.72. The molecule has 5 nitrogen and oxygen atoms in total. The second kappa shape index (κ2) is 12.3. The van der Waals surface area contributed by atoms with Gasteiger partial charge in [0.2, 0.25) is 11.8 Å². The fraction of sp³-hybridized carbons (Fsp3) is 0.467. The number of hydrogen-bond acceptors (Lipinski definition) is 3. The zero-order chi connectivity index (χ0) is 15.5. The first kappa shape index (κ1) is 20.7. The van der Waals surface area contributed by atoms with E-state index in [-0.39, 0.29) is 24.2 Å². The number of benzene rings is 1. The lowest BCUT2D eigenvalue weighted by Crippen LogP contribution is -2.26. The smallest absolute Gasteiger partial charge is 0.224 e. The van der Waals surface area contributed by atoms with Crippen molar-refractivity contribution in [2.24, 2.45) is 0 Å². The molecule has 0 aliphatic carbocycles. The third kappa shape index (κ3) is 9.60. The van der Waals surface area contributed by atoms with Crippen LogP contribution >= 0.6 is 24.0 Å². The van der Waals surface area contributed by atoms with Gasteiger partial charge in [-0.25, -0.2) is 0 Å². The molecule has 1 rings (SSSR count). The van der Waals surface area contributed by atoms with Crippen molar-refractivity contribution in [1.29, 1.82) is 0 Å². The van der Waals surface area contributed by atoms with E-state index in [4.69, 9.17) is 11.6 Å². The van der Waals surface area contributed by atoms with Crippen LogP contribution in [0.2, 0.25) is 5.02 Å². The van der Waals surface area contributed by atoms with Crippen LogP contribution in [-0.4, -0.2) is 32.0 Å². The van der Waals surface area contributed by atoms with Crippen LogP contribution in [0.25, 0.3) is 0 Å². The van der Waals surface area contributed by atoms with Crippen LogP contribution in [0.15, 0.2) is 24.3 Å². The zero-order valence-corrected chi connectivity index (χ0v) is 14.2. The summed E-state index contributed by atoms with van der Waals surface area (Å²) in [6.45, 7) is 1.35. The number of nitrogens with one attached hydrogen (secondary N) is 3. The maximum absolute atomic E-state index is 11.7. The van der Waals surface area contributed by atoms with Crippen molar-refractivity contribution in [3.05, 3.63) is 29.3 Å². The molecule has 22 heavy (non-hydrogen) atoms. The first-order chi connectivity index (χ1) is 10.1. The number of carbonyl (C=O) groups excluding carboxylic acids is 2. The molecule has 0 atom stereocenters. The minimum Gasteiger partial charge on any atom is -0.356 e.